The number of nitrogens with one attached hydrogen (secondary N) is 3. The number of aromatic amines is 1. The molecule has 1 saturated heterocycles. The summed E-state index contributed by atoms with van der Waals surface area (Å²) in [5, 5.41) is 16.1. The quantitative estimate of drug-likeness (QED) is 0.303. The van der Waals surface area contributed by atoms with Gasteiger partial charge in [0.15, 0.2) is 0 Å². The summed E-state index contributed by atoms with van der Waals surface area (Å²) in [5.41, 5.74) is 6.76. The number of rotatable bonds is 8. The predicted octanol–water partition coefficient (Wildman–Crippen LogP) is 3.76. The minimum atomic E-state index is 0.203. The van der Waals surface area contributed by atoms with Crippen LogP contribution in [0.1, 0.15) is 13.8 Å². The fourth-order valence-electron chi connectivity index (χ4n) is 4.18. The number of imidazole rings is 1. The van der Waals surface area contributed by atoms with Crippen molar-refractivity contribution < 1.29 is 5.11 Å². The van der Waals surface area contributed by atoms with Crippen molar-refractivity contribution in [2.24, 2.45) is 0 Å². The van der Waals surface area contributed by atoms with Gasteiger partial charge < -0.3 is 25.6 Å². The summed E-state index contributed by atoms with van der Waals surface area (Å²) in [6.45, 7) is 8.79. The van der Waals surface area contributed by atoms with Crippen LogP contribution in [0.2, 0.25) is 0 Å². The number of aromatic nitrogens is 4. The lowest BCUT2D eigenvalue weighted by molar-refractivity contribution is 0.188. The molecule has 1 aromatic carbocycles. The first-order chi connectivity index (χ1) is 16.6. The number of β-amino-alcohol motifs (C(OH)–C–C–N with tert-alkyl or cyclic N) is 1. The Labute approximate surface area is 202 Å². The van der Waals surface area contributed by atoms with Gasteiger partial charge in [0.1, 0.15) is 5.82 Å². The minimum Gasteiger partial charge on any atom is -0.395 e. The molecule has 3 aromatic heterocycles. The molecule has 0 atom stereocenters. The van der Waals surface area contributed by atoms with E-state index in [1.807, 2.05) is 36.1 Å². The lowest BCUT2D eigenvalue weighted by atomic mass is 10.1. The molecule has 0 spiro atoms. The normalized spacial score (nSPS) is 14.8. The van der Waals surface area contributed by atoms with Crippen LogP contribution >= 0.6 is 11.3 Å². The summed E-state index contributed by atoms with van der Waals surface area (Å²) >= 11 is 1.63. The number of hydrogen-bond acceptors (Lipinski definition) is 9. The molecule has 34 heavy (non-hydrogen) atoms. The van der Waals surface area contributed by atoms with Crippen LogP contribution in [0, 0.1) is 0 Å². The second-order valence-corrected chi connectivity index (χ2v) is 9.63. The monoisotopic (exact) mass is 478 g/mol. The molecule has 0 bridgehead atoms. The Balaban J connectivity index is 1.36. The highest BCUT2D eigenvalue weighted by Crippen LogP contribution is 2.31. The Bertz CT molecular complexity index is 1240. The fraction of sp³-hybridized carbons (Fsp3) is 0.375. The zero-order chi connectivity index (χ0) is 23.5. The second-order valence-electron chi connectivity index (χ2n) is 8.75. The van der Waals surface area contributed by atoms with Gasteiger partial charge in [0, 0.05) is 68.0 Å². The zero-order valence-corrected chi connectivity index (χ0v) is 20.3. The lowest BCUT2D eigenvalue weighted by Crippen LogP contribution is -2.47. The molecule has 0 unspecified atom stereocenters. The molecule has 10 heteroatoms. The van der Waals surface area contributed by atoms with E-state index >= 15 is 0 Å². The van der Waals surface area contributed by atoms with Crippen molar-refractivity contribution in [1.29, 1.82) is 0 Å². The molecule has 1 fully saturated rings. The molecule has 9 nitrogen and oxygen atoms in total. The first-order valence-electron chi connectivity index (χ1n) is 11.6. The van der Waals surface area contributed by atoms with Crippen molar-refractivity contribution in [2.75, 3.05) is 54.9 Å². The molecule has 1 aliphatic rings. The van der Waals surface area contributed by atoms with Crippen molar-refractivity contribution in [1.82, 2.24) is 24.8 Å². The number of hydrogen-bond donors (Lipinski definition) is 4. The molecule has 0 aliphatic carbocycles. The van der Waals surface area contributed by atoms with Gasteiger partial charge in [-0.2, -0.15) is 0 Å². The summed E-state index contributed by atoms with van der Waals surface area (Å²) in [6.07, 6.45) is 3.76. The summed E-state index contributed by atoms with van der Waals surface area (Å²) in [4.78, 5) is 21.7. The van der Waals surface area contributed by atoms with E-state index in [9.17, 15) is 0 Å². The van der Waals surface area contributed by atoms with E-state index in [0.717, 1.165) is 77.3 Å². The maximum atomic E-state index is 9.16. The Morgan fingerprint density at radius 1 is 1.09 bits per heavy atom. The third-order valence-electron chi connectivity index (χ3n) is 5.89. The largest absolute Gasteiger partial charge is 0.395 e. The van der Waals surface area contributed by atoms with Gasteiger partial charge in [-0.15, -0.1) is 11.3 Å². The van der Waals surface area contributed by atoms with Crippen LogP contribution in [0.25, 0.3) is 21.5 Å². The SMILES string of the molecule is CC(C)Nc1cc(Nc2ccc3ncsc3c2)ncc1-c1cnc(N2CCN(CCO)CC2)[nH]1. The summed E-state index contributed by atoms with van der Waals surface area (Å²) in [7, 11) is 0. The number of pyridine rings is 1. The summed E-state index contributed by atoms with van der Waals surface area (Å²) in [6, 6.07) is 8.45. The lowest BCUT2D eigenvalue weighted by Gasteiger charge is -2.34. The van der Waals surface area contributed by atoms with E-state index in [4.69, 9.17) is 5.11 Å². The number of aliphatic hydroxyl groups is 1. The molecule has 5 rings (SSSR count). The molecule has 0 radical (unpaired) electrons. The van der Waals surface area contributed by atoms with Gasteiger partial charge in [-0.3, -0.25) is 4.90 Å². The number of thiazole rings is 1. The van der Waals surface area contributed by atoms with Gasteiger partial charge in [0.05, 0.1) is 34.2 Å². The maximum Gasteiger partial charge on any atom is 0.203 e. The molecule has 1 aliphatic heterocycles. The van der Waals surface area contributed by atoms with E-state index in [-0.39, 0.29) is 12.6 Å². The van der Waals surface area contributed by atoms with Gasteiger partial charge in [0.25, 0.3) is 0 Å². The van der Waals surface area contributed by atoms with Crippen molar-refractivity contribution in [3.63, 3.8) is 0 Å². The number of benzene rings is 1. The zero-order valence-electron chi connectivity index (χ0n) is 19.5. The molecule has 4 aromatic rings. The molecule has 4 N–H and O–H groups in total. The van der Waals surface area contributed by atoms with Crippen LogP contribution in [-0.4, -0.2) is 75.3 Å². The average Bonchev–Trinajstić information content (AvgIpc) is 3.49. The first-order valence-corrected chi connectivity index (χ1v) is 12.5. The van der Waals surface area contributed by atoms with Crippen LogP contribution in [-0.2, 0) is 0 Å². The first kappa shape index (κ1) is 22.6. The highest BCUT2D eigenvalue weighted by molar-refractivity contribution is 7.16. The van der Waals surface area contributed by atoms with Gasteiger partial charge >= 0.3 is 0 Å². The number of fused-ring (bicyclic) bond motifs is 1. The minimum absolute atomic E-state index is 0.203. The topological polar surface area (TPSA) is 105 Å². The maximum absolute atomic E-state index is 9.16. The smallest absolute Gasteiger partial charge is 0.203 e. The predicted molar refractivity (Wildman–Crippen MR) is 139 cm³/mol. The van der Waals surface area contributed by atoms with E-state index in [1.54, 1.807) is 11.3 Å². The van der Waals surface area contributed by atoms with Gasteiger partial charge in [-0.25, -0.2) is 15.0 Å². The number of piperazine rings is 1. The fourth-order valence-corrected chi connectivity index (χ4v) is 4.90. The Morgan fingerprint density at radius 2 is 1.94 bits per heavy atom. The highest BCUT2D eigenvalue weighted by atomic mass is 32.1. The van der Waals surface area contributed by atoms with Crippen molar-refractivity contribution >= 4 is 44.7 Å². The number of aliphatic hydroxyl groups excluding tert-OH is 1. The average molecular weight is 479 g/mol. The Morgan fingerprint density at radius 3 is 2.74 bits per heavy atom. The summed E-state index contributed by atoms with van der Waals surface area (Å²) in [5.74, 6) is 1.64. The van der Waals surface area contributed by atoms with Crippen LogP contribution in [0.15, 0.2) is 42.2 Å². The molecular weight excluding hydrogens is 448 g/mol. The molecular formula is C24H30N8OS. The third kappa shape index (κ3) is 4.98. The third-order valence-corrected chi connectivity index (χ3v) is 6.68. The van der Waals surface area contributed by atoms with E-state index in [0.29, 0.717) is 0 Å². The van der Waals surface area contributed by atoms with Crippen molar-refractivity contribution in [3.05, 3.63) is 42.2 Å². The standard InChI is InChI=1S/C24H30N8OS/c1-16(2)28-20-12-23(29-17-3-4-19-22(11-17)34-15-27-19)25-13-18(20)21-14-26-24(30-21)32-7-5-31(6-8-32)9-10-33/h3-4,11-16,33H,5-10H2,1-2H3,(H,26,30)(H2,25,28,29). The van der Waals surface area contributed by atoms with E-state index in [2.05, 4.69) is 60.3 Å². The molecule has 178 valence electrons. The van der Waals surface area contributed by atoms with E-state index < -0.39 is 0 Å². The van der Waals surface area contributed by atoms with Crippen LogP contribution in [0.4, 0.5) is 23.1 Å². The van der Waals surface area contributed by atoms with Crippen molar-refractivity contribution in [2.45, 2.75) is 19.9 Å². The molecule has 0 amide bonds. The Kier molecular flexibility index (Phi) is 6.61. The van der Waals surface area contributed by atoms with Gasteiger partial charge in [-0.05, 0) is 32.0 Å². The number of nitrogens with zero attached hydrogens (tertiary/aromatic N) is 5. The van der Waals surface area contributed by atoms with Crippen molar-refractivity contribution in [3.8, 4) is 11.3 Å². The summed E-state index contributed by atoms with van der Waals surface area (Å²) < 4.78 is 1.14. The van der Waals surface area contributed by atoms with E-state index in [1.165, 1.54) is 0 Å². The van der Waals surface area contributed by atoms with Crippen LogP contribution in [0.5, 0.6) is 0 Å². The van der Waals surface area contributed by atoms with Crippen LogP contribution < -0.4 is 15.5 Å². The second kappa shape index (κ2) is 9.96. The van der Waals surface area contributed by atoms with Gasteiger partial charge in [-0.1, -0.05) is 0 Å². The number of anilines is 4. The molecule has 4 heterocycles. The number of H-pyrrole nitrogens is 1. The van der Waals surface area contributed by atoms with Gasteiger partial charge in [0.2, 0.25) is 5.95 Å². The molecule has 0 saturated carbocycles. The highest BCUT2D eigenvalue weighted by Gasteiger charge is 2.20. The van der Waals surface area contributed by atoms with Crippen LogP contribution in [0.3, 0.4) is 0 Å². The Hall–Kier alpha value is -3.21.